The van der Waals surface area contributed by atoms with E-state index in [0.717, 1.165) is 13.0 Å². The largest absolute Gasteiger partial charge is 0.396 e. The second-order valence-corrected chi connectivity index (χ2v) is 1.55. The van der Waals surface area contributed by atoms with Gasteiger partial charge in [-0.15, -0.1) is 0 Å². The summed E-state index contributed by atoms with van der Waals surface area (Å²) in [4.78, 5) is 4.79. The lowest BCUT2D eigenvalue weighted by Crippen LogP contribution is -1.84. The van der Waals surface area contributed by atoms with E-state index in [1.54, 1.807) is 6.21 Å². The van der Waals surface area contributed by atoms with Crippen LogP contribution in [-0.4, -0.2) is 12.8 Å². The minimum atomic E-state index is 0.751. The minimum absolute atomic E-state index is 0.751. The third-order valence-electron chi connectivity index (χ3n) is 0.769. The lowest BCUT2D eigenvalue weighted by atomic mass is 10.4. The highest BCUT2D eigenvalue weighted by atomic mass is 16.6. The topological polar surface area (TPSA) is 21.6 Å². The highest BCUT2D eigenvalue weighted by Crippen LogP contribution is 1.86. The summed E-state index contributed by atoms with van der Waals surface area (Å²) in [7, 11) is 0. The van der Waals surface area contributed by atoms with Crippen LogP contribution in [0.3, 0.4) is 0 Å². The molecule has 0 heterocycles. The summed E-state index contributed by atoms with van der Waals surface area (Å²) in [5.74, 6) is 0. The minimum Gasteiger partial charge on any atom is -0.396 e. The lowest BCUT2D eigenvalue weighted by Gasteiger charge is -1.92. The zero-order chi connectivity index (χ0) is 6.24. The molecule has 48 valence electrons. The Morgan fingerprint density at radius 3 is 2.88 bits per heavy atom. The molecule has 0 aromatic carbocycles. The van der Waals surface area contributed by atoms with Crippen molar-refractivity contribution < 1.29 is 4.84 Å². The van der Waals surface area contributed by atoms with Gasteiger partial charge in [0.1, 0.15) is 6.61 Å². The van der Waals surface area contributed by atoms with E-state index in [9.17, 15) is 0 Å². The molecule has 0 saturated heterocycles. The zero-order valence-electron chi connectivity index (χ0n) is 5.55. The summed E-state index contributed by atoms with van der Waals surface area (Å²) in [6, 6.07) is 0. The molecule has 0 aliphatic carbocycles. The normalized spacial score (nSPS) is 10.2. The fourth-order valence-electron chi connectivity index (χ4n) is 0.336. The van der Waals surface area contributed by atoms with Crippen molar-refractivity contribution in [1.29, 1.82) is 0 Å². The lowest BCUT2D eigenvalue weighted by molar-refractivity contribution is 0.142. The van der Waals surface area contributed by atoms with Gasteiger partial charge in [-0.2, -0.15) is 0 Å². The van der Waals surface area contributed by atoms with Crippen molar-refractivity contribution >= 4 is 6.21 Å². The Labute approximate surface area is 50.5 Å². The number of nitrogens with zero attached hydrogens (tertiary/aromatic N) is 1. The van der Waals surface area contributed by atoms with Crippen LogP contribution in [-0.2, 0) is 4.84 Å². The van der Waals surface area contributed by atoms with Crippen LogP contribution in [0.25, 0.3) is 0 Å². The SMILES string of the molecule is C/C=N\OCCCC. The molecule has 0 fully saturated rings. The average molecular weight is 115 g/mol. The third-order valence-corrected chi connectivity index (χ3v) is 0.769. The molecular weight excluding hydrogens is 102 g/mol. The van der Waals surface area contributed by atoms with Gasteiger partial charge in [0, 0.05) is 6.21 Å². The Bertz CT molecular complexity index is 61.5. The van der Waals surface area contributed by atoms with Gasteiger partial charge in [0.15, 0.2) is 0 Å². The van der Waals surface area contributed by atoms with E-state index in [1.165, 1.54) is 6.42 Å². The van der Waals surface area contributed by atoms with Gasteiger partial charge in [0.2, 0.25) is 0 Å². The van der Waals surface area contributed by atoms with Gasteiger partial charge in [0.25, 0.3) is 0 Å². The van der Waals surface area contributed by atoms with Gasteiger partial charge >= 0.3 is 0 Å². The Hall–Kier alpha value is -0.530. The molecular formula is C6H13NO. The first-order chi connectivity index (χ1) is 3.91. The molecule has 0 aromatic rings. The van der Waals surface area contributed by atoms with E-state index in [1.807, 2.05) is 6.92 Å². The standard InChI is InChI=1S/C6H13NO/c1-3-5-6-8-7-4-2/h4H,3,5-6H2,1-2H3/b7-4-. The molecule has 0 unspecified atom stereocenters. The van der Waals surface area contributed by atoms with Crippen LogP contribution in [0, 0.1) is 0 Å². The molecule has 0 aromatic heterocycles. The number of rotatable bonds is 4. The molecule has 0 spiro atoms. The van der Waals surface area contributed by atoms with Crippen LogP contribution in [0.2, 0.25) is 0 Å². The molecule has 0 aliphatic rings. The van der Waals surface area contributed by atoms with Crippen molar-refractivity contribution in [3.63, 3.8) is 0 Å². The fourth-order valence-corrected chi connectivity index (χ4v) is 0.336. The first kappa shape index (κ1) is 7.47. The highest BCUT2D eigenvalue weighted by molar-refractivity contribution is 5.52. The maximum atomic E-state index is 4.79. The van der Waals surface area contributed by atoms with Crippen LogP contribution >= 0.6 is 0 Å². The molecule has 0 atom stereocenters. The summed E-state index contributed by atoms with van der Waals surface area (Å²) in [5, 5.41) is 3.58. The van der Waals surface area contributed by atoms with Crippen molar-refractivity contribution in [2.24, 2.45) is 5.16 Å². The Balaban J connectivity index is 2.72. The molecule has 0 rings (SSSR count). The van der Waals surface area contributed by atoms with Gasteiger partial charge in [-0.3, -0.25) is 0 Å². The molecule has 0 saturated carbocycles. The van der Waals surface area contributed by atoms with Crippen LogP contribution in [0.1, 0.15) is 26.7 Å². The molecule has 8 heavy (non-hydrogen) atoms. The van der Waals surface area contributed by atoms with E-state index in [-0.39, 0.29) is 0 Å². The smallest absolute Gasteiger partial charge is 0.117 e. The molecule has 0 amide bonds. The first-order valence-electron chi connectivity index (χ1n) is 3.01. The second kappa shape index (κ2) is 6.47. The zero-order valence-corrected chi connectivity index (χ0v) is 5.55. The quantitative estimate of drug-likeness (QED) is 0.311. The fraction of sp³-hybridized carbons (Fsp3) is 0.833. The molecule has 2 heteroatoms. The summed E-state index contributed by atoms with van der Waals surface area (Å²) in [6.45, 7) is 4.71. The van der Waals surface area contributed by atoms with E-state index < -0.39 is 0 Å². The predicted molar refractivity (Wildman–Crippen MR) is 35.0 cm³/mol. The Morgan fingerprint density at radius 2 is 2.38 bits per heavy atom. The van der Waals surface area contributed by atoms with Crippen LogP contribution in [0.15, 0.2) is 5.16 Å². The van der Waals surface area contributed by atoms with Crippen molar-refractivity contribution in [2.75, 3.05) is 6.61 Å². The maximum Gasteiger partial charge on any atom is 0.117 e. The van der Waals surface area contributed by atoms with E-state index >= 15 is 0 Å². The Morgan fingerprint density at radius 1 is 1.62 bits per heavy atom. The summed E-state index contributed by atoms with van der Waals surface area (Å²) in [5.41, 5.74) is 0. The van der Waals surface area contributed by atoms with Gasteiger partial charge in [-0.25, -0.2) is 0 Å². The molecule has 0 aliphatic heterocycles. The van der Waals surface area contributed by atoms with Gasteiger partial charge in [-0.1, -0.05) is 18.5 Å². The monoisotopic (exact) mass is 115 g/mol. The van der Waals surface area contributed by atoms with Gasteiger partial charge < -0.3 is 4.84 Å². The Kier molecular flexibility index (Phi) is 6.04. The number of unbranched alkanes of at least 4 members (excludes halogenated alkanes) is 1. The summed E-state index contributed by atoms with van der Waals surface area (Å²) in [6.07, 6.45) is 3.91. The number of oxime groups is 1. The van der Waals surface area contributed by atoms with Crippen LogP contribution in [0.4, 0.5) is 0 Å². The van der Waals surface area contributed by atoms with Crippen LogP contribution in [0.5, 0.6) is 0 Å². The second-order valence-electron chi connectivity index (χ2n) is 1.55. The van der Waals surface area contributed by atoms with E-state index in [2.05, 4.69) is 12.1 Å². The van der Waals surface area contributed by atoms with Crippen molar-refractivity contribution in [3.8, 4) is 0 Å². The molecule has 2 nitrogen and oxygen atoms in total. The van der Waals surface area contributed by atoms with Crippen molar-refractivity contribution in [2.45, 2.75) is 26.7 Å². The summed E-state index contributed by atoms with van der Waals surface area (Å²) >= 11 is 0. The van der Waals surface area contributed by atoms with E-state index in [4.69, 9.17) is 4.84 Å². The highest BCUT2D eigenvalue weighted by Gasteiger charge is 1.78. The van der Waals surface area contributed by atoms with Gasteiger partial charge in [0.05, 0.1) is 0 Å². The van der Waals surface area contributed by atoms with Crippen molar-refractivity contribution in [1.82, 2.24) is 0 Å². The first-order valence-corrected chi connectivity index (χ1v) is 3.01. The van der Waals surface area contributed by atoms with Crippen molar-refractivity contribution in [3.05, 3.63) is 0 Å². The maximum absolute atomic E-state index is 4.79. The third kappa shape index (κ3) is 5.47. The molecule has 0 bridgehead atoms. The summed E-state index contributed by atoms with van der Waals surface area (Å²) < 4.78 is 0. The predicted octanol–water partition coefficient (Wildman–Crippen LogP) is 1.81. The molecule has 0 N–H and O–H groups in total. The number of hydrogen-bond acceptors (Lipinski definition) is 2. The molecule has 0 radical (unpaired) electrons. The van der Waals surface area contributed by atoms with E-state index in [0.29, 0.717) is 0 Å². The number of hydrogen-bond donors (Lipinski definition) is 0. The average Bonchev–Trinajstić information content (AvgIpc) is 1.81. The van der Waals surface area contributed by atoms with Crippen LogP contribution < -0.4 is 0 Å². The van der Waals surface area contributed by atoms with Gasteiger partial charge in [-0.05, 0) is 13.3 Å².